The number of hydrogen-bond donors (Lipinski definition) is 2. The molecule has 0 radical (unpaired) electrons. The van der Waals surface area contributed by atoms with E-state index in [0.717, 1.165) is 28.9 Å². The van der Waals surface area contributed by atoms with E-state index in [1.54, 1.807) is 7.11 Å². The number of carbonyl (C=O) groups is 2. The lowest BCUT2D eigenvalue weighted by Crippen LogP contribution is -2.43. The van der Waals surface area contributed by atoms with Gasteiger partial charge in [-0.05, 0) is 55.0 Å². The van der Waals surface area contributed by atoms with Gasteiger partial charge in [0, 0.05) is 13.1 Å². The van der Waals surface area contributed by atoms with Gasteiger partial charge in [0.15, 0.2) is 0 Å². The van der Waals surface area contributed by atoms with Crippen LogP contribution in [0.2, 0.25) is 0 Å². The van der Waals surface area contributed by atoms with Gasteiger partial charge in [-0.1, -0.05) is 36.4 Å². The van der Waals surface area contributed by atoms with E-state index >= 15 is 0 Å². The molecule has 2 aromatic rings. The summed E-state index contributed by atoms with van der Waals surface area (Å²) in [4.78, 5) is 25.1. The van der Waals surface area contributed by atoms with Crippen molar-refractivity contribution in [2.45, 2.75) is 32.7 Å². The summed E-state index contributed by atoms with van der Waals surface area (Å²) in [5.41, 5.74) is 2.43. The molecule has 0 unspecified atom stereocenters. The number of amides is 2. The largest absolute Gasteiger partial charge is 0.497 e. The van der Waals surface area contributed by atoms with Crippen LogP contribution in [0.3, 0.4) is 0 Å². The zero-order chi connectivity index (χ0) is 19.3. The van der Waals surface area contributed by atoms with E-state index in [-0.39, 0.29) is 11.8 Å². The van der Waals surface area contributed by atoms with Crippen molar-refractivity contribution in [3.63, 3.8) is 0 Å². The molecular weight excluding hydrogens is 340 g/mol. The zero-order valence-corrected chi connectivity index (χ0v) is 15.9. The van der Waals surface area contributed by atoms with Crippen molar-refractivity contribution in [3.05, 3.63) is 65.2 Å². The number of benzene rings is 2. The van der Waals surface area contributed by atoms with Gasteiger partial charge in [0.05, 0.1) is 7.11 Å². The number of nitrogens with one attached hydrogen (secondary N) is 2. The van der Waals surface area contributed by atoms with E-state index in [1.807, 2.05) is 55.5 Å². The summed E-state index contributed by atoms with van der Waals surface area (Å²) in [6.07, 6.45) is 1.94. The number of rotatable bonds is 8. The Balaban J connectivity index is 1.48. The molecule has 0 saturated heterocycles. The smallest absolute Gasteiger partial charge is 0.235 e. The topological polar surface area (TPSA) is 67.4 Å². The van der Waals surface area contributed by atoms with Crippen LogP contribution in [0, 0.1) is 12.3 Å². The molecule has 0 aromatic heterocycles. The maximum absolute atomic E-state index is 12.6. The summed E-state index contributed by atoms with van der Waals surface area (Å²) in [5, 5.41) is 5.85. The van der Waals surface area contributed by atoms with Crippen LogP contribution in [0.4, 0.5) is 0 Å². The number of aryl methyl sites for hydroxylation is 1. The van der Waals surface area contributed by atoms with Gasteiger partial charge in [-0.3, -0.25) is 9.59 Å². The molecule has 1 aliphatic carbocycles. The Bertz CT molecular complexity index is 811. The summed E-state index contributed by atoms with van der Waals surface area (Å²) in [5.74, 6) is 0.469. The van der Waals surface area contributed by atoms with Crippen molar-refractivity contribution >= 4 is 11.8 Å². The maximum atomic E-state index is 12.6. The second kappa shape index (κ2) is 8.25. The standard InChI is InChI=1S/C22H26N2O3/c1-16-5-3-4-6-18(16)15-24-21(26)22(12-13-22)20(25)23-14-11-17-7-9-19(27-2)10-8-17/h3-10H,11-15H2,1-2H3,(H,23,25)(H,24,26). The van der Waals surface area contributed by atoms with Gasteiger partial charge in [0.25, 0.3) is 0 Å². The van der Waals surface area contributed by atoms with Crippen molar-refractivity contribution in [2.75, 3.05) is 13.7 Å². The Labute approximate surface area is 160 Å². The Morgan fingerprint density at radius 1 is 1.00 bits per heavy atom. The van der Waals surface area contributed by atoms with Crippen molar-refractivity contribution in [2.24, 2.45) is 5.41 Å². The average molecular weight is 366 g/mol. The summed E-state index contributed by atoms with van der Waals surface area (Å²) in [6, 6.07) is 15.7. The molecule has 0 atom stereocenters. The first-order valence-corrected chi connectivity index (χ1v) is 9.29. The second-order valence-electron chi connectivity index (χ2n) is 7.05. The average Bonchev–Trinajstić information content (AvgIpc) is 3.50. The lowest BCUT2D eigenvalue weighted by Gasteiger charge is -2.16. The fourth-order valence-electron chi connectivity index (χ4n) is 3.12. The van der Waals surface area contributed by atoms with Gasteiger partial charge in [0.1, 0.15) is 11.2 Å². The Hall–Kier alpha value is -2.82. The Kier molecular flexibility index (Phi) is 5.79. The molecule has 27 heavy (non-hydrogen) atoms. The molecule has 1 fully saturated rings. The SMILES string of the molecule is COc1ccc(CCNC(=O)C2(C(=O)NCc3ccccc3C)CC2)cc1. The molecule has 1 saturated carbocycles. The quantitative estimate of drug-likeness (QED) is 0.706. The van der Waals surface area contributed by atoms with Crippen LogP contribution in [-0.4, -0.2) is 25.5 Å². The lowest BCUT2D eigenvalue weighted by molar-refractivity contribution is -0.137. The molecule has 0 spiro atoms. The van der Waals surface area contributed by atoms with Gasteiger partial charge < -0.3 is 15.4 Å². The van der Waals surface area contributed by atoms with E-state index < -0.39 is 5.41 Å². The van der Waals surface area contributed by atoms with Crippen LogP contribution in [0.5, 0.6) is 5.75 Å². The third-order valence-electron chi connectivity index (χ3n) is 5.18. The van der Waals surface area contributed by atoms with Gasteiger partial charge in [-0.25, -0.2) is 0 Å². The van der Waals surface area contributed by atoms with Crippen molar-refractivity contribution in [3.8, 4) is 5.75 Å². The molecule has 2 N–H and O–H groups in total. The van der Waals surface area contributed by atoms with Crippen LogP contribution in [0.1, 0.15) is 29.5 Å². The molecule has 3 rings (SSSR count). The second-order valence-corrected chi connectivity index (χ2v) is 7.05. The molecule has 1 aliphatic rings. The molecule has 142 valence electrons. The molecule has 2 amide bonds. The summed E-state index contributed by atoms with van der Waals surface area (Å²) in [6.45, 7) is 2.98. The highest BCUT2D eigenvalue weighted by atomic mass is 16.5. The molecule has 0 bridgehead atoms. The van der Waals surface area contributed by atoms with Crippen LogP contribution >= 0.6 is 0 Å². The third-order valence-corrected chi connectivity index (χ3v) is 5.18. The van der Waals surface area contributed by atoms with Gasteiger partial charge in [-0.15, -0.1) is 0 Å². The zero-order valence-electron chi connectivity index (χ0n) is 15.9. The normalized spacial score (nSPS) is 14.3. The Morgan fingerprint density at radius 3 is 2.30 bits per heavy atom. The van der Waals surface area contributed by atoms with E-state index in [4.69, 9.17) is 4.74 Å². The van der Waals surface area contributed by atoms with Gasteiger partial charge in [-0.2, -0.15) is 0 Å². The first-order valence-electron chi connectivity index (χ1n) is 9.29. The minimum Gasteiger partial charge on any atom is -0.497 e. The van der Waals surface area contributed by atoms with Crippen molar-refractivity contribution in [1.29, 1.82) is 0 Å². The number of methoxy groups -OCH3 is 1. The number of ether oxygens (including phenoxy) is 1. The van der Waals surface area contributed by atoms with Gasteiger partial charge in [0.2, 0.25) is 11.8 Å². The highest BCUT2D eigenvalue weighted by Crippen LogP contribution is 2.46. The highest BCUT2D eigenvalue weighted by molar-refractivity contribution is 6.07. The summed E-state index contributed by atoms with van der Waals surface area (Å²) >= 11 is 0. The molecular formula is C22H26N2O3. The van der Waals surface area contributed by atoms with Crippen LogP contribution in [0.15, 0.2) is 48.5 Å². The van der Waals surface area contributed by atoms with Gasteiger partial charge >= 0.3 is 0 Å². The minimum atomic E-state index is -0.886. The number of hydrogen-bond acceptors (Lipinski definition) is 3. The molecule has 5 nitrogen and oxygen atoms in total. The lowest BCUT2D eigenvalue weighted by atomic mass is 10.0. The van der Waals surface area contributed by atoms with Crippen LogP contribution < -0.4 is 15.4 Å². The monoisotopic (exact) mass is 366 g/mol. The minimum absolute atomic E-state index is 0.168. The predicted octanol–water partition coefficient (Wildman–Crippen LogP) is 2.76. The third kappa shape index (κ3) is 4.48. The van der Waals surface area contributed by atoms with Crippen LogP contribution in [-0.2, 0) is 22.6 Å². The van der Waals surface area contributed by atoms with E-state index in [2.05, 4.69) is 10.6 Å². The molecule has 2 aromatic carbocycles. The fraction of sp³-hybridized carbons (Fsp3) is 0.364. The summed E-state index contributed by atoms with van der Waals surface area (Å²) in [7, 11) is 1.63. The van der Waals surface area contributed by atoms with E-state index in [0.29, 0.717) is 25.9 Å². The van der Waals surface area contributed by atoms with Crippen LogP contribution in [0.25, 0.3) is 0 Å². The van der Waals surface area contributed by atoms with Crippen molar-refractivity contribution in [1.82, 2.24) is 10.6 Å². The predicted molar refractivity (Wildman–Crippen MR) is 104 cm³/mol. The first kappa shape index (κ1) is 19.0. The van der Waals surface area contributed by atoms with Crippen molar-refractivity contribution < 1.29 is 14.3 Å². The maximum Gasteiger partial charge on any atom is 0.235 e. The molecule has 0 aliphatic heterocycles. The fourth-order valence-corrected chi connectivity index (χ4v) is 3.12. The van der Waals surface area contributed by atoms with E-state index in [9.17, 15) is 9.59 Å². The number of carbonyl (C=O) groups excluding carboxylic acids is 2. The summed E-state index contributed by atoms with van der Waals surface area (Å²) < 4.78 is 5.14. The van der Waals surface area contributed by atoms with E-state index in [1.165, 1.54) is 0 Å². The first-order chi connectivity index (χ1) is 13.0. The molecule has 0 heterocycles. The Morgan fingerprint density at radius 2 is 1.67 bits per heavy atom. The highest BCUT2D eigenvalue weighted by Gasteiger charge is 2.56. The molecule has 5 heteroatoms.